The fourth-order valence-electron chi connectivity index (χ4n) is 7.96. The van der Waals surface area contributed by atoms with Gasteiger partial charge >= 0.3 is 5.97 Å². The van der Waals surface area contributed by atoms with Crippen molar-refractivity contribution in [2.75, 3.05) is 0 Å². The van der Waals surface area contributed by atoms with Crippen LogP contribution in [0.3, 0.4) is 0 Å². The molecule has 0 aromatic heterocycles. The van der Waals surface area contributed by atoms with Crippen LogP contribution in [0.5, 0.6) is 0 Å². The summed E-state index contributed by atoms with van der Waals surface area (Å²) in [5.74, 6) is 2.17. The largest absolute Gasteiger partial charge is 0.451 e. The zero-order valence-electron chi connectivity index (χ0n) is 17.4. The second-order valence-electron chi connectivity index (χ2n) is 10.6. The van der Waals surface area contributed by atoms with Gasteiger partial charge in [-0.25, -0.2) is 0 Å². The Labute approximate surface area is 163 Å². The number of fused-ring (bicyclic) bond motifs is 5. The molecule has 0 bridgehead atoms. The molecule has 4 aliphatic carbocycles. The van der Waals surface area contributed by atoms with Crippen LogP contribution >= 0.6 is 0 Å². The third kappa shape index (κ3) is 2.73. The Morgan fingerprint density at radius 3 is 2.26 bits per heavy atom. The Balaban J connectivity index is 1.59. The highest BCUT2D eigenvalue weighted by atomic mass is 16.6. The normalized spacial score (nSPS) is 51.7. The van der Waals surface area contributed by atoms with Crippen LogP contribution in [-0.4, -0.2) is 28.6 Å². The Kier molecular flexibility index (Phi) is 4.53. The highest BCUT2D eigenvalue weighted by Gasteiger charge is 2.62. The molecule has 8 atom stereocenters. The van der Waals surface area contributed by atoms with Crippen molar-refractivity contribution >= 4 is 11.8 Å². The minimum atomic E-state index is -0.893. The van der Waals surface area contributed by atoms with Crippen LogP contribution in [0, 0.1) is 34.5 Å². The average molecular weight is 377 g/mol. The number of carbonyl (C=O) groups is 2. The summed E-state index contributed by atoms with van der Waals surface area (Å²) in [6.07, 6.45) is 8.99. The maximum atomic E-state index is 12.4. The van der Waals surface area contributed by atoms with Crippen molar-refractivity contribution in [3.63, 3.8) is 0 Å². The number of ether oxygens (including phenoxy) is 1. The van der Waals surface area contributed by atoms with Crippen LogP contribution in [0.2, 0.25) is 0 Å². The first-order valence-corrected chi connectivity index (χ1v) is 11.0. The molecule has 0 heterocycles. The SMILES string of the molecule is CC(=O)OC1(C(C)=O)CCC2(C)C(CCC3C4CCC(O)C4(C)CCC32)C1. The van der Waals surface area contributed by atoms with Gasteiger partial charge in [-0.1, -0.05) is 13.8 Å². The molecule has 0 amide bonds. The van der Waals surface area contributed by atoms with Crippen molar-refractivity contribution in [1.82, 2.24) is 0 Å². The zero-order valence-corrected chi connectivity index (χ0v) is 17.4. The van der Waals surface area contributed by atoms with Gasteiger partial charge in [-0.2, -0.15) is 0 Å². The molecule has 27 heavy (non-hydrogen) atoms. The number of rotatable bonds is 2. The van der Waals surface area contributed by atoms with Crippen LogP contribution in [0.4, 0.5) is 0 Å². The Morgan fingerprint density at radius 1 is 0.889 bits per heavy atom. The fourth-order valence-corrected chi connectivity index (χ4v) is 7.96. The van der Waals surface area contributed by atoms with Crippen LogP contribution < -0.4 is 0 Å². The van der Waals surface area contributed by atoms with Gasteiger partial charge in [0.1, 0.15) is 0 Å². The standard InChI is InChI=1S/C23H36O4/c1-14(24)23(27-15(2)25)12-11-21(3)16(13-23)5-6-17-18-7-8-20(26)22(18,4)10-9-19(17)21/h16-20,26H,5-13H2,1-4H3. The topological polar surface area (TPSA) is 63.6 Å². The number of aliphatic hydroxyl groups is 1. The Bertz CT molecular complexity index is 644. The maximum absolute atomic E-state index is 12.4. The van der Waals surface area contributed by atoms with Gasteiger partial charge in [-0.3, -0.25) is 9.59 Å². The fraction of sp³-hybridized carbons (Fsp3) is 0.913. The minimum absolute atomic E-state index is 0.0111. The summed E-state index contributed by atoms with van der Waals surface area (Å²) in [7, 11) is 0. The van der Waals surface area contributed by atoms with E-state index in [0.29, 0.717) is 36.5 Å². The molecule has 4 fully saturated rings. The van der Waals surface area contributed by atoms with Crippen LogP contribution in [0.1, 0.15) is 85.5 Å². The molecule has 0 aliphatic heterocycles. The summed E-state index contributed by atoms with van der Waals surface area (Å²) in [4.78, 5) is 24.1. The lowest BCUT2D eigenvalue weighted by Gasteiger charge is -2.61. The summed E-state index contributed by atoms with van der Waals surface area (Å²) in [6, 6.07) is 0. The van der Waals surface area contributed by atoms with E-state index >= 15 is 0 Å². The number of esters is 1. The molecule has 4 saturated carbocycles. The number of Topliss-reactive ketones (excluding diaryl/α,β-unsaturated/α-hetero) is 1. The summed E-state index contributed by atoms with van der Waals surface area (Å²) < 4.78 is 5.65. The highest BCUT2D eigenvalue weighted by Crippen LogP contribution is 2.67. The summed E-state index contributed by atoms with van der Waals surface area (Å²) in [5.41, 5.74) is -0.549. The first kappa shape index (κ1) is 19.4. The van der Waals surface area contributed by atoms with Gasteiger partial charge in [0.25, 0.3) is 0 Å². The first-order valence-electron chi connectivity index (χ1n) is 11.0. The first-order chi connectivity index (χ1) is 12.6. The van der Waals surface area contributed by atoms with Gasteiger partial charge in [0.15, 0.2) is 11.4 Å². The van der Waals surface area contributed by atoms with E-state index in [1.807, 2.05) is 0 Å². The average Bonchev–Trinajstić information content (AvgIpc) is 2.90. The number of aliphatic hydroxyl groups excluding tert-OH is 1. The molecule has 4 nitrogen and oxygen atoms in total. The van der Waals surface area contributed by atoms with Gasteiger partial charge in [0.05, 0.1) is 6.10 Å². The number of hydrogen-bond acceptors (Lipinski definition) is 4. The van der Waals surface area contributed by atoms with Gasteiger partial charge in [-0.15, -0.1) is 0 Å². The number of hydrogen-bond donors (Lipinski definition) is 1. The third-order valence-corrected chi connectivity index (χ3v) is 9.64. The Morgan fingerprint density at radius 2 is 1.59 bits per heavy atom. The molecule has 1 N–H and O–H groups in total. The predicted molar refractivity (Wildman–Crippen MR) is 103 cm³/mol. The molecule has 0 aromatic rings. The molecule has 0 spiro atoms. The van der Waals surface area contributed by atoms with Crippen molar-refractivity contribution in [3.05, 3.63) is 0 Å². The lowest BCUT2D eigenvalue weighted by Crippen LogP contribution is -2.58. The smallest absolute Gasteiger partial charge is 0.303 e. The second-order valence-corrected chi connectivity index (χ2v) is 10.6. The molecule has 152 valence electrons. The van der Waals surface area contributed by atoms with E-state index in [1.54, 1.807) is 6.92 Å². The van der Waals surface area contributed by atoms with Crippen LogP contribution in [0.15, 0.2) is 0 Å². The lowest BCUT2D eigenvalue weighted by molar-refractivity contribution is -0.187. The lowest BCUT2D eigenvalue weighted by atomic mass is 9.44. The van der Waals surface area contributed by atoms with E-state index < -0.39 is 5.60 Å². The molecular formula is C23H36O4. The minimum Gasteiger partial charge on any atom is -0.451 e. The number of carbonyl (C=O) groups excluding carboxylic acids is 2. The van der Waals surface area contributed by atoms with Crippen molar-refractivity contribution in [1.29, 1.82) is 0 Å². The van der Waals surface area contributed by atoms with Gasteiger partial charge in [0, 0.05) is 6.92 Å². The molecule has 0 saturated heterocycles. The van der Waals surface area contributed by atoms with E-state index in [-0.39, 0.29) is 28.7 Å². The predicted octanol–water partition coefficient (Wildman–Crippen LogP) is 4.28. The van der Waals surface area contributed by atoms with Crippen molar-refractivity contribution in [2.24, 2.45) is 34.5 Å². The quantitative estimate of drug-likeness (QED) is 0.731. The van der Waals surface area contributed by atoms with E-state index in [9.17, 15) is 14.7 Å². The van der Waals surface area contributed by atoms with E-state index in [4.69, 9.17) is 4.74 Å². The zero-order chi connectivity index (χ0) is 19.6. The third-order valence-electron chi connectivity index (χ3n) is 9.64. The van der Waals surface area contributed by atoms with Crippen molar-refractivity contribution in [3.8, 4) is 0 Å². The van der Waals surface area contributed by atoms with Crippen molar-refractivity contribution < 1.29 is 19.4 Å². The molecular weight excluding hydrogens is 340 g/mol. The van der Waals surface area contributed by atoms with Crippen LogP contribution in [-0.2, 0) is 14.3 Å². The van der Waals surface area contributed by atoms with Gasteiger partial charge in [-0.05, 0) is 99.2 Å². The van der Waals surface area contributed by atoms with E-state index in [0.717, 1.165) is 25.7 Å². The molecule has 8 unspecified atom stereocenters. The summed E-state index contributed by atoms with van der Waals surface area (Å²) >= 11 is 0. The molecule has 0 radical (unpaired) electrons. The van der Waals surface area contributed by atoms with E-state index in [1.165, 1.54) is 26.2 Å². The summed E-state index contributed by atoms with van der Waals surface area (Å²) in [5, 5.41) is 10.6. The second kappa shape index (κ2) is 6.30. The van der Waals surface area contributed by atoms with Crippen molar-refractivity contribution in [2.45, 2.75) is 97.2 Å². The van der Waals surface area contributed by atoms with Gasteiger partial charge in [0.2, 0.25) is 0 Å². The molecule has 4 heteroatoms. The van der Waals surface area contributed by atoms with Gasteiger partial charge < -0.3 is 9.84 Å². The highest BCUT2D eigenvalue weighted by molar-refractivity contribution is 5.87. The molecule has 4 rings (SSSR count). The maximum Gasteiger partial charge on any atom is 0.303 e. The summed E-state index contributed by atoms with van der Waals surface area (Å²) in [6.45, 7) is 7.77. The van der Waals surface area contributed by atoms with E-state index in [2.05, 4.69) is 13.8 Å². The Hall–Kier alpha value is -0.900. The molecule has 0 aromatic carbocycles. The van der Waals surface area contributed by atoms with Crippen LogP contribution in [0.25, 0.3) is 0 Å². The monoisotopic (exact) mass is 376 g/mol. The number of ketones is 1. The molecule has 4 aliphatic rings.